The van der Waals surface area contributed by atoms with Crippen LogP contribution in [0.1, 0.15) is 38.4 Å². The SMILES string of the molecule is CCn1cnnc1CNC(=O)C1CCCCC1C(=O)O. The standard InChI is InChI=1S/C13H20N4O3/c1-2-17-8-15-16-11(17)7-14-12(18)9-5-3-4-6-10(9)13(19)20/h8-10H,2-7H2,1H3,(H,14,18)(H,19,20). The van der Waals surface area contributed by atoms with Gasteiger partial charge in [0.05, 0.1) is 18.4 Å². The average molecular weight is 280 g/mol. The van der Waals surface area contributed by atoms with Crippen molar-refractivity contribution in [3.63, 3.8) is 0 Å². The van der Waals surface area contributed by atoms with E-state index in [4.69, 9.17) is 0 Å². The Morgan fingerprint density at radius 1 is 1.40 bits per heavy atom. The molecule has 0 spiro atoms. The molecular weight excluding hydrogens is 260 g/mol. The number of hydrogen-bond donors (Lipinski definition) is 2. The quantitative estimate of drug-likeness (QED) is 0.831. The fraction of sp³-hybridized carbons (Fsp3) is 0.692. The number of carbonyl (C=O) groups is 2. The highest BCUT2D eigenvalue weighted by molar-refractivity contribution is 5.84. The molecule has 1 amide bonds. The number of carboxylic acid groups (broad SMARTS) is 1. The predicted molar refractivity (Wildman–Crippen MR) is 70.6 cm³/mol. The smallest absolute Gasteiger partial charge is 0.307 e. The fourth-order valence-corrected chi connectivity index (χ4v) is 2.72. The lowest BCUT2D eigenvalue weighted by atomic mass is 9.79. The molecular formula is C13H20N4O3. The zero-order valence-electron chi connectivity index (χ0n) is 11.6. The molecule has 0 saturated heterocycles. The van der Waals surface area contributed by atoms with Crippen molar-refractivity contribution in [2.24, 2.45) is 11.8 Å². The lowest BCUT2D eigenvalue weighted by Gasteiger charge is -2.27. The van der Waals surface area contributed by atoms with Gasteiger partial charge in [-0.05, 0) is 19.8 Å². The second-order valence-electron chi connectivity index (χ2n) is 5.09. The molecule has 110 valence electrons. The summed E-state index contributed by atoms with van der Waals surface area (Å²) in [7, 11) is 0. The normalized spacial score (nSPS) is 22.4. The van der Waals surface area contributed by atoms with Crippen LogP contribution in [-0.2, 0) is 22.7 Å². The Balaban J connectivity index is 1.95. The minimum absolute atomic E-state index is 0.192. The maximum Gasteiger partial charge on any atom is 0.307 e. The summed E-state index contributed by atoms with van der Waals surface area (Å²) >= 11 is 0. The molecule has 2 atom stereocenters. The van der Waals surface area contributed by atoms with Crippen molar-refractivity contribution < 1.29 is 14.7 Å². The van der Waals surface area contributed by atoms with Gasteiger partial charge < -0.3 is 15.0 Å². The second kappa shape index (κ2) is 6.49. The highest BCUT2D eigenvalue weighted by Crippen LogP contribution is 2.30. The van der Waals surface area contributed by atoms with Crippen LogP contribution in [0.3, 0.4) is 0 Å². The summed E-state index contributed by atoms with van der Waals surface area (Å²) in [6, 6.07) is 0. The van der Waals surface area contributed by atoms with Crippen LogP contribution in [0.15, 0.2) is 6.33 Å². The first-order valence-electron chi connectivity index (χ1n) is 7.00. The molecule has 1 aromatic rings. The van der Waals surface area contributed by atoms with Gasteiger partial charge in [0.1, 0.15) is 6.33 Å². The molecule has 2 N–H and O–H groups in total. The average Bonchev–Trinajstić information content (AvgIpc) is 2.92. The van der Waals surface area contributed by atoms with Crippen molar-refractivity contribution >= 4 is 11.9 Å². The third-order valence-corrected chi connectivity index (χ3v) is 3.88. The predicted octanol–water partition coefficient (Wildman–Crippen LogP) is 0.805. The number of hydrogen-bond acceptors (Lipinski definition) is 4. The van der Waals surface area contributed by atoms with E-state index in [9.17, 15) is 14.7 Å². The molecule has 20 heavy (non-hydrogen) atoms. The summed E-state index contributed by atoms with van der Waals surface area (Å²) in [5.74, 6) is -1.38. The van der Waals surface area contributed by atoms with E-state index in [2.05, 4.69) is 15.5 Å². The Bertz CT molecular complexity index is 486. The summed E-state index contributed by atoms with van der Waals surface area (Å²) in [6.45, 7) is 2.99. The highest BCUT2D eigenvalue weighted by atomic mass is 16.4. The lowest BCUT2D eigenvalue weighted by Crippen LogP contribution is -2.39. The van der Waals surface area contributed by atoms with Crippen molar-refractivity contribution in [2.75, 3.05) is 0 Å². The van der Waals surface area contributed by atoms with Crippen LogP contribution in [-0.4, -0.2) is 31.7 Å². The Morgan fingerprint density at radius 2 is 2.10 bits per heavy atom. The number of aryl methyl sites for hydroxylation is 1. The molecule has 0 radical (unpaired) electrons. The van der Waals surface area contributed by atoms with Gasteiger partial charge >= 0.3 is 5.97 Å². The van der Waals surface area contributed by atoms with Crippen molar-refractivity contribution in [1.29, 1.82) is 0 Å². The molecule has 1 aromatic heterocycles. The first kappa shape index (κ1) is 14.5. The second-order valence-corrected chi connectivity index (χ2v) is 5.09. The maximum atomic E-state index is 12.2. The van der Waals surface area contributed by atoms with Crippen LogP contribution in [0.4, 0.5) is 0 Å². The Hall–Kier alpha value is -1.92. The van der Waals surface area contributed by atoms with Gasteiger partial charge in [-0.2, -0.15) is 0 Å². The highest BCUT2D eigenvalue weighted by Gasteiger charge is 2.35. The number of rotatable bonds is 5. The summed E-state index contributed by atoms with van der Waals surface area (Å²) in [5, 5.41) is 19.7. The number of nitrogens with one attached hydrogen (secondary N) is 1. The van der Waals surface area contributed by atoms with Crippen LogP contribution in [0.5, 0.6) is 0 Å². The van der Waals surface area contributed by atoms with Gasteiger partial charge in [-0.15, -0.1) is 10.2 Å². The van der Waals surface area contributed by atoms with Gasteiger partial charge in [0.2, 0.25) is 5.91 Å². The minimum atomic E-state index is -0.874. The first-order valence-corrected chi connectivity index (χ1v) is 7.00. The zero-order chi connectivity index (χ0) is 14.5. The number of carboxylic acids is 1. The van der Waals surface area contributed by atoms with Crippen molar-refractivity contribution in [3.8, 4) is 0 Å². The van der Waals surface area contributed by atoms with Crippen molar-refractivity contribution in [2.45, 2.75) is 45.7 Å². The van der Waals surface area contributed by atoms with E-state index in [1.165, 1.54) is 0 Å². The van der Waals surface area contributed by atoms with Gasteiger partial charge in [-0.1, -0.05) is 12.8 Å². The van der Waals surface area contributed by atoms with E-state index in [1.807, 2.05) is 11.5 Å². The van der Waals surface area contributed by atoms with E-state index in [0.717, 1.165) is 19.4 Å². The number of aliphatic carboxylic acids is 1. The third kappa shape index (κ3) is 3.15. The molecule has 1 aliphatic carbocycles. The first-order chi connectivity index (χ1) is 9.63. The van der Waals surface area contributed by atoms with Crippen LogP contribution < -0.4 is 5.32 Å². The summed E-state index contributed by atoms with van der Waals surface area (Å²) in [6.07, 6.45) is 4.63. The van der Waals surface area contributed by atoms with E-state index in [-0.39, 0.29) is 12.5 Å². The van der Waals surface area contributed by atoms with E-state index in [0.29, 0.717) is 18.7 Å². The van der Waals surface area contributed by atoms with Crippen LogP contribution in [0.2, 0.25) is 0 Å². The number of aromatic nitrogens is 3. The summed E-state index contributed by atoms with van der Waals surface area (Å²) < 4.78 is 1.84. The van der Waals surface area contributed by atoms with E-state index in [1.54, 1.807) is 6.33 Å². The molecule has 1 aliphatic rings. The van der Waals surface area contributed by atoms with Gasteiger partial charge in [0.25, 0.3) is 0 Å². The van der Waals surface area contributed by atoms with Gasteiger partial charge in [0, 0.05) is 6.54 Å². The molecule has 7 heteroatoms. The molecule has 7 nitrogen and oxygen atoms in total. The number of nitrogens with zero attached hydrogens (tertiary/aromatic N) is 3. The zero-order valence-corrected chi connectivity index (χ0v) is 11.6. The lowest BCUT2D eigenvalue weighted by molar-refractivity contribution is -0.148. The van der Waals surface area contributed by atoms with E-state index < -0.39 is 17.8 Å². The largest absolute Gasteiger partial charge is 0.481 e. The molecule has 0 bridgehead atoms. The van der Waals surface area contributed by atoms with Crippen molar-refractivity contribution in [3.05, 3.63) is 12.2 Å². The van der Waals surface area contributed by atoms with Crippen LogP contribution >= 0.6 is 0 Å². The summed E-state index contributed by atoms with van der Waals surface area (Å²) in [4.78, 5) is 23.4. The van der Waals surface area contributed by atoms with Gasteiger partial charge in [0.15, 0.2) is 5.82 Å². The third-order valence-electron chi connectivity index (χ3n) is 3.88. The monoisotopic (exact) mass is 280 g/mol. The maximum absolute atomic E-state index is 12.2. The molecule has 1 heterocycles. The van der Waals surface area contributed by atoms with Gasteiger partial charge in [-0.25, -0.2) is 0 Å². The molecule has 0 aromatic carbocycles. The number of amides is 1. The van der Waals surface area contributed by atoms with Crippen LogP contribution in [0.25, 0.3) is 0 Å². The minimum Gasteiger partial charge on any atom is -0.481 e. The molecule has 0 aliphatic heterocycles. The number of carbonyl (C=O) groups excluding carboxylic acids is 1. The molecule has 1 fully saturated rings. The summed E-state index contributed by atoms with van der Waals surface area (Å²) in [5.41, 5.74) is 0. The fourth-order valence-electron chi connectivity index (χ4n) is 2.72. The molecule has 2 unspecified atom stereocenters. The topological polar surface area (TPSA) is 97.1 Å². The molecule has 1 saturated carbocycles. The molecule has 2 rings (SSSR count). The van der Waals surface area contributed by atoms with Crippen LogP contribution in [0, 0.1) is 11.8 Å². The Labute approximate surface area is 117 Å². The Kier molecular flexibility index (Phi) is 4.70. The van der Waals surface area contributed by atoms with Crippen molar-refractivity contribution in [1.82, 2.24) is 20.1 Å². The van der Waals surface area contributed by atoms with Gasteiger partial charge in [-0.3, -0.25) is 9.59 Å². The van der Waals surface area contributed by atoms with E-state index >= 15 is 0 Å². The Morgan fingerprint density at radius 3 is 2.75 bits per heavy atom.